The number of rotatable bonds is 8. The third kappa shape index (κ3) is 4.65. The first-order valence-corrected chi connectivity index (χ1v) is 8.86. The van der Waals surface area contributed by atoms with Gasteiger partial charge in [0.1, 0.15) is 0 Å². The van der Waals surface area contributed by atoms with Crippen LogP contribution in [-0.2, 0) is 0 Å². The lowest BCUT2D eigenvalue weighted by Gasteiger charge is -2.23. The Kier molecular flexibility index (Phi) is 6.83. The van der Waals surface area contributed by atoms with Crippen molar-refractivity contribution < 1.29 is 19.0 Å². The van der Waals surface area contributed by atoms with Gasteiger partial charge in [0, 0.05) is 12.1 Å². The summed E-state index contributed by atoms with van der Waals surface area (Å²) in [5, 5.41) is 14.8. The zero-order valence-corrected chi connectivity index (χ0v) is 15.7. The molecule has 6 nitrogen and oxygen atoms in total. The fraction of sp³-hybridized carbons (Fsp3) is 0.400. The summed E-state index contributed by atoms with van der Waals surface area (Å²) in [6.45, 7) is 8.91. The molecule has 2 rings (SSSR count). The van der Waals surface area contributed by atoms with Gasteiger partial charge in [-0.2, -0.15) is 4.73 Å². The lowest BCUT2D eigenvalue weighted by Crippen LogP contribution is -2.41. The Morgan fingerprint density at radius 2 is 1.81 bits per heavy atom. The normalized spacial score (nSPS) is 11.9. The summed E-state index contributed by atoms with van der Waals surface area (Å²) in [6.07, 6.45) is 1.31. The highest BCUT2D eigenvalue weighted by Gasteiger charge is 2.24. The molecule has 0 aliphatic heterocycles. The van der Waals surface area contributed by atoms with Gasteiger partial charge in [-0.15, -0.1) is 0 Å². The van der Waals surface area contributed by atoms with Crippen LogP contribution in [0.5, 0.6) is 11.5 Å². The highest BCUT2D eigenvalue weighted by molar-refractivity contribution is 5.91. The van der Waals surface area contributed by atoms with Crippen molar-refractivity contribution >= 4 is 5.91 Å². The number of carbonyl (C=O) groups is 1. The fourth-order valence-electron chi connectivity index (χ4n) is 2.72. The molecule has 1 N–H and O–H groups in total. The molecular weight excluding hydrogens is 332 g/mol. The number of carbonyl (C=O) groups excluding carboxylic acids is 1. The molecule has 0 radical (unpaired) electrons. The smallest absolute Gasteiger partial charge is 0.317 e. The van der Waals surface area contributed by atoms with Gasteiger partial charge in [-0.1, -0.05) is 19.9 Å². The van der Waals surface area contributed by atoms with Crippen LogP contribution in [0.25, 0.3) is 0 Å². The maximum Gasteiger partial charge on any atom is 0.317 e. The SMILES string of the molecule is CCOc1ccc(C(NC(=O)c2cccc[n+]2[O-])C(C)C)cc1OCC. The largest absolute Gasteiger partial charge is 0.618 e. The Bertz CT molecular complexity index is 746. The van der Waals surface area contributed by atoms with Crippen molar-refractivity contribution in [3.8, 4) is 11.5 Å². The van der Waals surface area contributed by atoms with Crippen LogP contribution in [0.4, 0.5) is 0 Å². The number of ether oxygens (including phenoxy) is 2. The van der Waals surface area contributed by atoms with Crippen LogP contribution in [0.15, 0.2) is 42.6 Å². The Morgan fingerprint density at radius 1 is 1.12 bits per heavy atom. The third-order valence-corrected chi connectivity index (χ3v) is 3.94. The van der Waals surface area contributed by atoms with E-state index >= 15 is 0 Å². The van der Waals surface area contributed by atoms with Gasteiger partial charge >= 0.3 is 5.91 Å². The van der Waals surface area contributed by atoms with Crippen molar-refractivity contribution in [2.24, 2.45) is 5.92 Å². The number of hydrogen-bond donors (Lipinski definition) is 1. The molecule has 0 saturated heterocycles. The van der Waals surface area contributed by atoms with Gasteiger partial charge in [0.2, 0.25) is 0 Å². The molecule has 0 bridgehead atoms. The second-order valence-corrected chi connectivity index (χ2v) is 6.18. The topological polar surface area (TPSA) is 74.5 Å². The molecule has 0 aliphatic carbocycles. The second kappa shape index (κ2) is 9.08. The minimum atomic E-state index is -0.411. The highest BCUT2D eigenvalue weighted by atomic mass is 16.5. The number of benzene rings is 1. The molecule has 1 heterocycles. The zero-order chi connectivity index (χ0) is 19.1. The predicted molar refractivity (Wildman–Crippen MR) is 99.2 cm³/mol. The first-order chi connectivity index (χ1) is 12.5. The quantitative estimate of drug-likeness (QED) is 0.581. The summed E-state index contributed by atoms with van der Waals surface area (Å²) < 4.78 is 11.8. The zero-order valence-electron chi connectivity index (χ0n) is 15.7. The molecule has 6 heteroatoms. The number of hydrogen-bond acceptors (Lipinski definition) is 4. The van der Waals surface area contributed by atoms with Gasteiger partial charge in [0.15, 0.2) is 17.7 Å². The third-order valence-electron chi connectivity index (χ3n) is 3.94. The van der Waals surface area contributed by atoms with E-state index in [4.69, 9.17) is 9.47 Å². The molecule has 140 valence electrons. The summed E-state index contributed by atoms with van der Waals surface area (Å²) in [5.41, 5.74) is 0.961. The Morgan fingerprint density at radius 3 is 2.42 bits per heavy atom. The molecule has 26 heavy (non-hydrogen) atoms. The van der Waals surface area contributed by atoms with Crippen LogP contribution in [-0.4, -0.2) is 19.1 Å². The highest BCUT2D eigenvalue weighted by Crippen LogP contribution is 2.33. The summed E-state index contributed by atoms with van der Waals surface area (Å²) in [5.74, 6) is 1.03. The van der Waals surface area contributed by atoms with Crippen LogP contribution < -0.4 is 19.5 Å². The van der Waals surface area contributed by atoms with Crippen LogP contribution >= 0.6 is 0 Å². The summed E-state index contributed by atoms with van der Waals surface area (Å²) in [4.78, 5) is 12.5. The summed E-state index contributed by atoms with van der Waals surface area (Å²) in [7, 11) is 0. The first-order valence-electron chi connectivity index (χ1n) is 8.86. The van der Waals surface area contributed by atoms with Crippen LogP contribution in [0.1, 0.15) is 49.8 Å². The lowest BCUT2D eigenvalue weighted by molar-refractivity contribution is -0.607. The maximum atomic E-state index is 12.5. The average Bonchev–Trinajstić information content (AvgIpc) is 2.61. The molecule has 2 aromatic rings. The molecule has 0 saturated carbocycles. The van der Waals surface area contributed by atoms with E-state index in [1.54, 1.807) is 12.1 Å². The molecule has 1 aromatic carbocycles. The number of nitrogens with one attached hydrogen (secondary N) is 1. The van der Waals surface area contributed by atoms with Crippen molar-refractivity contribution in [2.45, 2.75) is 33.7 Å². The first kappa shape index (κ1) is 19.6. The molecule has 1 atom stereocenters. The van der Waals surface area contributed by atoms with E-state index < -0.39 is 5.91 Å². The maximum absolute atomic E-state index is 12.5. The molecular formula is C20H26N2O4. The van der Waals surface area contributed by atoms with Gasteiger partial charge in [-0.3, -0.25) is 4.79 Å². The Labute approximate surface area is 154 Å². The van der Waals surface area contributed by atoms with E-state index in [1.807, 2.05) is 45.9 Å². The standard InChI is InChI=1S/C20H26N2O4/c1-5-25-17-11-10-15(13-18(17)26-6-2)19(14(3)4)21-20(23)16-9-7-8-12-22(16)24/h7-14,19H,5-6H2,1-4H3,(H,21,23). The van der Waals surface area contributed by atoms with Crippen molar-refractivity contribution in [3.63, 3.8) is 0 Å². The predicted octanol–water partition coefficient (Wildman–Crippen LogP) is 3.24. The Hall–Kier alpha value is -2.76. The molecule has 0 spiro atoms. The molecule has 1 unspecified atom stereocenters. The van der Waals surface area contributed by atoms with Gasteiger partial charge in [0.25, 0.3) is 5.69 Å². The minimum absolute atomic E-state index is 0.0640. The second-order valence-electron chi connectivity index (χ2n) is 6.18. The van der Waals surface area contributed by atoms with Gasteiger partial charge in [-0.05, 0) is 43.5 Å². The summed E-state index contributed by atoms with van der Waals surface area (Å²) >= 11 is 0. The van der Waals surface area contributed by atoms with E-state index in [0.29, 0.717) is 29.4 Å². The van der Waals surface area contributed by atoms with E-state index in [9.17, 15) is 10.0 Å². The lowest BCUT2D eigenvalue weighted by atomic mass is 9.95. The summed E-state index contributed by atoms with van der Waals surface area (Å²) in [6, 6.07) is 10.1. The van der Waals surface area contributed by atoms with Gasteiger partial charge in [-0.25, -0.2) is 0 Å². The van der Waals surface area contributed by atoms with Crippen molar-refractivity contribution in [2.75, 3.05) is 13.2 Å². The van der Waals surface area contributed by atoms with Crippen LogP contribution in [0.2, 0.25) is 0 Å². The molecule has 0 aliphatic rings. The fourth-order valence-corrected chi connectivity index (χ4v) is 2.72. The molecule has 0 fully saturated rings. The van der Waals surface area contributed by atoms with Crippen molar-refractivity contribution in [1.82, 2.24) is 5.32 Å². The number of amides is 1. The van der Waals surface area contributed by atoms with Gasteiger partial charge in [0.05, 0.1) is 19.3 Å². The van der Waals surface area contributed by atoms with Gasteiger partial charge < -0.3 is 20.0 Å². The van der Waals surface area contributed by atoms with Crippen LogP contribution in [0.3, 0.4) is 0 Å². The number of aromatic nitrogens is 1. The van der Waals surface area contributed by atoms with Crippen molar-refractivity contribution in [3.05, 3.63) is 59.1 Å². The monoisotopic (exact) mass is 358 g/mol. The Balaban J connectivity index is 2.30. The number of nitrogens with zero attached hydrogens (tertiary/aromatic N) is 1. The van der Waals surface area contributed by atoms with Crippen LogP contribution in [0, 0.1) is 11.1 Å². The van der Waals surface area contributed by atoms with E-state index in [-0.39, 0.29) is 17.7 Å². The molecule has 1 amide bonds. The average molecular weight is 358 g/mol. The van der Waals surface area contributed by atoms with E-state index in [0.717, 1.165) is 5.56 Å². The minimum Gasteiger partial charge on any atom is -0.618 e. The van der Waals surface area contributed by atoms with E-state index in [2.05, 4.69) is 5.32 Å². The van der Waals surface area contributed by atoms with E-state index in [1.165, 1.54) is 12.3 Å². The number of pyridine rings is 1. The van der Waals surface area contributed by atoms with Crippen molar-refractivity contribution in [1.29, 1.82) is 0 Å². The molecule has 1 aromatic heterocycles.